The summed E-state index contributed by atoms with van der Waals surface area (Å²) in [4.78, 5) is 29.4. The minimum absolute atomic E-state index is 0.0821. The van der Waals surface area contributed by atoms with Crippen molar-refractivity contribution in [3.05, 3.63) is 89.0 Å². The Kier molecular flexibility index (Phi) is 5.09. The molecule has 0 radical (unpaired) electrons. The molecular formula is C25H20N2O5S. The van der Waals surface area contributed by atoms with E-state index in [4.69, 9.17) is 4.74 Å². The summed E-state index contributed by atoms with van der Waals surface area (Å²) in [5.41, 5.74) is 5.38. The molecule has 0 saturated heterocycles. The number of nitrogens with one attached hydrogen (secondary N) is 1. The fourth-order valence-electron chi connectivity index (χ4n) is 4.11. The Bertz CT molecular complexity index is 1440. The highest BCUT2D eigenvalue weighted by Gasteiger charge is 2.31. The van der Waals surface area contributed by atoms with Gasteiger partial charge in [0.05, 0.1) is 4.90 Å². The number of esters is 1. The first-order chi connectivity index (χ1) is 15.8. The number of aliphatic imine (C=N–C) groups is 1. The Labute approximate surface area is 191 Å². The zero-order chi connectivity index (χ0) is 23.2. The summed E-state index contributed by atoms with van der Waals surface area (Å²) in [7, 11) is -3.70. The van der Waals surface area contributed by atoms with E-state index in [9.17, 15) is 18.0 Å². The molecule has 0 bridgehead atoms. The Balaban J connectivity index is 1.27. The van der Waals surface area contributed by atoms with Gasteiger partial charge in [-0.25, -0.2) is 13.2 Å². The van der Waals surface area contributed by atoms with Gasteiger partial charge in [-0.3, -0.25) is 14.5 Å². The minimum Gasteiger partial charge on any atom is -0.456 e. The fourth-order valence-corrected chi connectivity index (χ4v) is 5.35. The van der Waals surface area contributed by atoms with Crippen molar-refractivity contribution in [1.29, 1.82) is 0 Å². The number of hydrogen-bond acceptors (Lipinski definition) is 6. The first-order valence-corrected chi connectivity index (χ1v) is 11.9. The Morgan fingerprint density at radius 2 is 1.67 bits per heavy atom. The number of amidine groups is 1. The first kappa shape index (κ1) is 21.1. The van der Waals surface area contributed by atoms with Crippen molar-refractivity contribution in [2.75, 3.05) is 6.61 Å². The number of rotatable bonds is 5. The Hall–Kier alpha value is -3.78. The van der Waals surface area contributed by atoms with Gasteiger partial charge in [-0.1, -0.05) is 48.5 Å². The van der Waals surface area contributed by atoms with Crippen molar-refractivity contribution >= 4 is 27.6 Å². The maximum atomic E-state index is 12.7. The second-order valence-corrected chi connectivity index (χ2v) is 9.64. The van der Waals surface area contributed by atoms with E-state index in [0.29, 0.717) is 11.1 Å². The Morgan fingerprint density at radius 1 is 0.970 bits per heavy atom. The number of fused-ring (bicyclic) bond motifs is 4. The third-order valence-corrected chi connectivity index (χ3v) is 7.19. The zero-order valence-corrected chi connectivity index (χ0v) is 18.6. The van der Waals surface area contributed by atoms with Crippen LogP contribution in [-0.2, 0) is 26.0 Å². The number of Topliss-reactive ketones (excluding diaryl/α,β-unsaturated/α-hetero) is 1. The van der Waals surface area contributed by atoms with E-state index in [-0.39, 0.29) is 16.5 Å². The highest BCUT2D eigenvalue weighted by atomic mass is 32.2. The molecule has 0 aromatic heterocycles. The zero-order valence-electron chi connectivity index (χ0n) is 17.7. The average molecular weight is 461 g/mol. The Morgan fingerprint density at radius 3 is 2.48 bits per heavy atom. The van der Waals surface area contributed by atoms with Gasteiger partial charge in [0.1, 0.15) is 11.9 Å². The van der Waals surface area contributed by atoms with Gasteiger partial charge in [0.25, 0.3) is 10.0 Å². The van der Waals surface area contributed by atoms with E-state index in [1.165, 1.54) is 18.6 Å². The van der Waals surface area contributed by atoms with Crippen LogP contribution < -0.4 is 4.72 Å². The predicted octanol–water partition coefficient (Wildman–Crippen LogP) is 3.11. The summed E-state index contributed by atoms with van der Waals surface area (Å²) in [6.45, 7) is 1.07. The molecule has 3 aromatic carbocycles. The molecule has 7 nitrogen and oxygen atoms in total. The molecule has 5 rings (SSSR count). The molecule has 166 valence electrons. The molecule has 1 aliphatic carbocycles. The highest BCUT2D eigenvalue weighted by molar-refractivity contribution is 7.90. The lowest BCUT2D eigenvalue weighted by atomic mass is 10.0. The quantitative estimate of drug-likeness (QED) is 0.364. The number of hydrogen-bond donors (Lipinski definition) is 1. The van der Waals surface area contributed by atoms with Crippen molar-refractivity contribution in [1.82, 2.24) is 4.72 Å². The SMILES string of the molecule is C[C@H](N=C1NS(=O)(=O)c2ccccc21)C(=O)OCC(=O)c1ccc2c(c1)-c1ccccc1C2. The van der Waals surface area contributed by atoms with E-state index in [2.05, 4.69) is 15.8 Å². The van der Waals surface area contributed by atoms with Gasteiger partial charge in [-0.15, -0.1) is 0 Å². The van der Waals surface area contributed by atoms with E-state index in [1.54, 1.807) is 24.3 Å². The molecule has 3 aromatic rings. The van der Waals surface area contributed by atoms with E-state index in [0.717, 1.165) is 23.1 Å². The van der Waals surface area contributed by atoms with Crippen LogP contribution in [0.3, 0.4) is 0 Å². The van der Waals surface area contributed by atoms with Crippen molar-refractivity contribution < 1.29 is 22.7 Å². The molecule has 0 unspecified atom stereocenters. The summed E-state index contributed by atoms with van der Waals surface area (Å²) in [5, 5.41) is 0. The van der Waals surface area contributed by atoms with Crippen LogP contribution in [0.1, 0.15) is 34.0 Å². The minimum atomic E-state index is -3.70. The average Bonchev–Trinajstić information content (AvgIpc) is 3.31. The lowest BCUT2D eigenvalue weighted by molar-refractivity contribution is -0.143. The number of benzene rings is 3. The molecule has 1 atom stereocenters. The summed E-state index contributed by atoms with van der Waals surface area (Å²) >= 11 is 0. The third-order valence-electron chi connectivity index (χ3n) is 5.79. The maximum absolute atomic E-state index is 12.7. The van der Waals surface area contributed by atoms with Crippen molar-refractivity contribution in [2.24, 2.45) is 4.99 Å². The largest absolute Gasteiger partial charge is 0.456 e. The molecular weight excluding hydrogens is 440 g/mol. The second kappa shape index (κ2) is 7.97. The van der Waals surface area contributed by atoms with Crippen LogP contribution in [0.5, 0.6) is 0 Å². The molecule has 0 amide bonds. The first-order valence-electron chi connectivity index (χ1n) is 10.4. The maximum Gasteiger partial charge on any atom is 0.331 e. The summed E-state index contributed by atoms with van der Waals surface area (Å²) < 4.78 is 31.9. The van der Waals surface area contributed by atoms with E-state index in [1.807, 2.05) is 30.3 Å². The number of ketones is 1. The highest BCUT2D eigenvalue weighted by Crippen LogP contribution is 2.36. The van der Waals surface area contributed by atoms with Crippen LogP contribution in [0.4, 0.5) is 0 Å². The molecule has 0 fully saturated rings. The van der Waals surface area contributed by atoms with Crippen LogP contribution in [-0.4, -0.2) is 38.7 Å². The molecule has 33 heavy (non-hydrogen) atoms. The monoisotopic (exact) mass is 460 g/mol. The molecule has 8 heteroatoms. The smallest absolute Gasteiger partial charge is 0.331 e. The van der Waals surface area contributed by atoms with Crippen LogP contribution in [0.2, 0.25) is 0 Å². The molecule has 0 saturated carbocycles. The van der Waals surface area contributed by atoms with Crippen LogP contribution >= 0.6 is 0 Å². The van der Waals surface area contributed by atoms with Crippen LogP contribution in [0, 0.1) is 0 Å². The number of carbonyl (C=O) groups is 2. The topological polar surface area (TPSA) is 102 Å². The van der Waals surface area contributed by atoms with E-state index < -0.39 is 28.6 Å². The summed E-state index contributed by atoms with van der Waals surface area (Å²) in [5.74, 6) is -0.952. The van der Waals surface area contributed by atoms with Gasteiger partial charge in [-0.2, -0.15) is 0 Å². The molecule has 1 heterocycles. The number of ether oxygens (including phenoxy) is 1. The van der Waals surface area contributed by atoms with Gasteiger partial charge in [0, 0.05) is 11.1 Å². The normalized spacial score (nSPS) is 16.9. The van der Waals surface area contributed by atoms with Gasteiger partial charge >= 0.3 is 5.97 Å². The molecule has 1 aliphatic heterocycles. The van der Waals surface area contributed by atoms with Crippen LogP contribution in [0.25, 0.3) is 11.1 Å². The molecule has 1 N–H and O–H groups in total. The van der Waals surface area contributed by atoms with Gasteiger partial charge in [-0.05, 0) is 53.8 Å². The number of nitrogens with zero attached hydrogens (tertiary/aromatic N) is 1. The number of sulfonamides is 1. The third kappa shape index (κ3) is 3.82. The van der Waals surface area contributed by atoms with Gasteiger partial charge in [0.2, 0.25) is 0 Å². The summed E-state index contributed by atoms with van der Waals surface area (Å²) in [6.07, 6.45) is 0.833. The fraction of sp³-hybridized carbons (Fsp3) is 0.160. The lowest BCUT2D eigenvalue weighted by Gasteiger charge is -2.09. The van der Waals surface area contributed by atoms with Gasteiger partial charge < -0.3 is 4.74 Å². The lowest BCUT2D eigenvalue weighted by Crippen LogP contribution is -2.27. The second-order valence-electron chi connectivity index (χ2n) is 7.99. The van der Waals surface area contributed by atoms with E-state index >= 15 is 0 Å². The van der Waals surface area contributed by atoms with Crippen LogP contribution in [0.15, 0.2) is 76.6 Å². The van der Waals surface area contributed by atoms with Crippen molar-refractivity contribution in [2.45, 2.75) is 24.3 Å². The number of carbonyl (C=O) groups excluding carboxylic acids is 2. The molecule has 2 aliphatic rings. The summed E-state index contributed by atoms with van der Waals surface area (Å²) in [6, 6.07) is 19.0. The standard InChI is InChI=1S/C25H20N2O5S/c1-15(26-24-20-8-4-5-9-23(20)33(30,31)27-24)25(29)32-14-22(28)18-11-10-17-12-16-6-2-3-7-19(16)21(17)13-18/h2-11,13,15H,12,14H2,1H3,(H,26,27)/t15-/m0/s1. The predicted molar refractivity (Wildman–Crippen MR) is 123 cm³/mol. The van der Waals surface area contributed by atoms with Crippen molar-refractivity contribution in [3.8, 4) is 11.1 Å². The van der Waals surface area contributed by atoms with Crippen molar-refractivity contribution in [3.63, 3.8) is 0 Å². The van der Waals surface area contributed by atoms with Gasteiger partial charge in [0.15, 0.2) is 12.4 Å². The molecule has 0 spiro atoms.